The number of nitrogens with zero attached hydrogens (tertiary/aromatic N) is 2. The second kappa shape index (κ2) is 10.9. The number of rotatable bonds is 8. The lowest BCUT2D eigenvalue weighted by Crippen LogP contribution is -2.34. The Labute approximate surface area is 215 Å². The first kappa shape index (κ1) is 25.4. The molecule has 2 aliphatic rings. The number of ether oxygens (including phenoxy) is 3. The van der Waals surface area contributed by atoms with E-state index in [1.54, 1.807) is 13.0 Å². The second-order valence-electron chi connectivity index (χ2n) is 8.39. The number of methoxy groups -OCH3 is 1. The van der Waals surface area contributed by atoms with Crippen LogP contribution in [0.3, 0.4) is 0 Å². The molecule has 1 amide bonds. The zero-order valence-electron chi connectivity index (χ0n) is 21.0. The molecule has 0 bridgehead atoms. The molecular formula is C27H29N3O5S. The van der Waals surface area contributed by atoms with Crippen molar-refractivity contribution < 1.29 is 23.8 Å². The van der Waals surface area contributed by atoms with E-state index in [2.05, 4.69) is 10.3 Å². The molecule has 36 heavy (non-hydrogen) atoms. The van der Waals surface area contributed by atoms with Gasteiger partial charge in [0, 0.05) is 11.9 Å². The van der Waals surface area contributed by atoms with Crippen molar-refractivity contribution in [2.45, 2.75) is 33.7 Å². The van der Waals surface area contributed by atoms with Crippen molar-refractivity contribution in [1.29, 1.82) is 0 Å². The summed E-state index contributed by atoms with van der Waals surface area (Å²) in [5, 5.41) is 5.60. The minimum absolute atomic E-state index is 0.179. The van der Waals surface area contributed by atoms with Crippen molar-refractivity contribution in [3.63, 3.8) is 0 Å². The molecular weight excluding hydrogens is 478 g/mol. The van der Waals surface area contributed by atoms with Gasteiger partial charge in [0.1, 0.15) is 0 Å². The quantitative estimate of drug-likeness (QED) is 0.498. The molecule has 0 radical (unpaired) electrons. The van der Waals surface area contributed by atoms with E-state index in [0.717, 1.165) is 27.5 Å². The summed E-state index contributed by atoms with van der Waals surface area (Å²) < 4.78 is 16.7. The molecule has 1 N–H and O–H groups in total. The number of aliphatic imine (C=N–C) groups is 1. The van der Waals surface area contributed by atoms with Gasteiger partial charge in [-0.15, -0.1) is 0 Å². The topological polar surface area (TPSA) is 89.5 Å². The maximum Gasteiger partial charge on any atom is 0.338 e. The molecule has 2 heterocycles. The number of hydrogen-bond donors (Lipinski definition) is 1. The predicted molar refractivity (Wildman–Crippen MR) is 141 cm³/mol. The van der Waals surface area contributed by atoms with Crippen LogP contribution in [0.5, 0.6) is 11.5 Å². The molecule has 2 aromatic rings. The van der Waals surface area contributed by atoms with Gasteiger partial charge in [-0.1, -0.05) is 30.0 Å². The maximum atomic E-state index is 12.9. The summed E-state index contributed by atoms with van der Waals surface area (Å²) in [6.07, 6.45) is 1.90. The van der Waals surface area contributed by atoms with Gasteiger partial charge in [0.05, 0.1) is 31.0 Å². The van der Waals surface area contributed by atoms with E-state index in [9.17, 15) is 9.59 Å². The standard InChI is InChI=1S/C27H29N3O5S/c1-6-34-26(32)24-18(4)28-27-30(11-12-36-27)25(24)19-9-10-21(22(14-19)33-5)35-15-23(31)29-20-13-16(2)7-8-17(20)3/h7-14,25H,6,15H2,1-5H3,(H,29,31)/t25-/m1/s1. The number of anilines is 1. The highest BCUT2D eigenvalue weighted by Gasteiger charge is 2.37. The smallest absolute Gasteiger partial charge is 0.338 e. The Bertz CT molecular complexity index is 1280. The molecule has 0 unspecified atom stereocenters. The number of hydrogen-bond acceptors (Lipinski definition) is 8. The average Bonchev–Trinajstić information content (AvgIpc) is 3.32. The number of carbonyl (C=O) groups excluding carboxylic acids is 2. The minimum atomic E-state index is -0.432. The fraction of sp³-hybridized carbons (Fsp3) is 0.296. The van der Waals surface area contributed by atoms with Gasteiger partial charge >= 0.3 is 5.97 Å². The summed E-state index contributed by atoms with van der Waals surface area (Å²) in [6.45, 7) is 7.59. The fourth-order valence-electron chi connectivity index (χ4n) is 4.07. The molecule has 0 spiro atoms. The first-order valence-electron chi connectivity index (χ1n) is 11.6. The normalized spacial score (nSPS) is 16.4. The molecule has 0 aromatic heterocycles. The van der Waals surface area contributed by atoms with Crippen molar-refractivity contribution in [2.24, 2.45) is 4.99 Å². The Balaban J connectivity index is 1.56. The number of carbonyl (C=O) groups is 2. The van der Waals surface area contributed by atoms with E-state index in [4.69, 9.17) is 14.2 Å². The molecule has 2 aromatic carbocycles. The summed E-state index contributed by atoms with van der Waals surface area (Å²) in [7, 11) is 1.54. The molecule has 0 fully saturated rings. The van der Waals surface area contributed by atoms with Gasteiger partial charge in [-0.2, -0.15) is 0 Å². The summed E-state index contributed by atoms with van der Waals surface area (Å²) >= 11 is 1.49. The highest BCUT2D eigenvalue weighted by atomic mass is 32.2. The number of fused-ring (bicyclic) bond motifs is 1. The molecule has 0 saturated heterocycles. The Morgan fingerprint density at radius 3 is 2.67 bits per heavy atom. The van der Waals surface area contributed by atoms with Crippen LogP contribution in [-0.2, 0) is 14.3 Å². The Hall–Kier alpha value is -3.72. The summed E-state index contributed by atoms with van der Waals surface area (Å²) in [4.78, 5) is 31.9. The third kappa shape index (κ3) is 5.26. The van der Waals surface area contributed by atoms with Crippen molar-refractivity contribution in [1.82, 2.24) is 4.90 Å². The molecule has 188 valence electrons. The lowest BCUT2D eigenvalue weighted by atomic mass is 9.94. The van der Waals surface area contributed by atoms with Crippen molar-refractivity contribution in [3.8, 4) is 11.5 Å². The van der Waals surface area contributed by atoms with Crippen LogP contribution in [-0.4, -0.2) is 42.3 Å². The minimum Gasteiger partial charge on any atom is -0.493 e. The van der Waals surface area contributed by atoms with E-state index < -0.39 is 12.0 Å². The molecule has 4 rings (SSSR count). The molecule has 2 aliphatic heterocycles. The van der Waals surface area contributed by atoms with Gasteiger partial charge in [0.15, 0.2) is 23.3 Å². The number of nitrogens with one attached hydrogen (secondary N) is 1. The largest absolute Gasteiger partial charge is 0.493 e. The number of amides is 1. The van der Waals surface area contributed by atoms with Crippen LogP contribution in [0.25, 0.3) is 0 Å². The number of benzene rings is 2. The highest BCUT2D eigenvalue weighted by molar-refractivity contribution is 8.16. The van der Waals surface area contributed by atoms with E-state index in [-0.39, 0.29) is 19.1 Å². The van der Waals surface area contributed by atoms with E-state index in [1.165, 1.54) is 18.9 Å². The van der Waals surface area contributed by atoms with Gasteiger partial charge in [-0.3, -0.25) is 4.79 Å². The Kier molecular flexibility index (Phi) is 7.69. The summed E-state index contributed by atoms with van der Waals surface area (Å²) in [6, 6.07) is 10.9. The van der Waals surface area contributed by atoms with Crippen LogP contribution in [0.1, 0.15) is 36.6 Å². The van der Waals surface area contributed by atoms with E-state index in [1.807, 2.05) is 67.6 Å². The Morgan fingerprint density at radius 2 is 1.92 bits per heavy atom. The van der Waals surface area contributed by atoms with Crippen LogP contribution < -0.4 is 14.8 Å². The second-order valence-corrected chi connectivity index (χ2v) is 9.27. The van der Waals surface area contributed by atoms with Crippen LogP contribution in [0.15, 0.2) is 64.3 Å². The molecule has 0 aliphatic carbocycles. The van der Waals surface area contributed by atoms with Crippen LogP contribution >= 0.6 is 11.8 Å². The lowest BCUT2D eigenvalue weighted by molar-refractivity contribution is -0.139. The first-order chi connectivity index (χ1) is 17.3. The number of allylic oxidation sites excluding steroid dienone is 1. The first-order valence-corrected chi connectivity index (χ1v) is 12.5. The monoisotopic (exact) mass is 507 g/mol. The number of esters is 1. The number of aryl methyl sites for hydroxylation is 2. The van der Waals surface area contributed by atoms with Gasteiger partial charge in [-0.05, 0) is 68.0 Å². The zero-order valence-corrected chi connectivity index (χ0v) is 21.8. The zero-order chi connectivity index (χ0) is 25.8. The number of thioether (sulfide) groups is 1. The van der Waals surface area contributed by atoms with Crippen molar-refractivity contribution >= 4 is 34.5 Å². The van der Waals surface area contributed by atoms with Gasteiger partial charge in [0.2, 0.25) is 0 Å². The SMILES string of the molecule is CCOC(=O)C1=C(C)N=C2SC=CN2[C@@H]1c1ccc(OCC(=O)Nc2cc(C)ccc2C)c(OC)c1. The fourth-order valence-corrected chi connectivity index (χ4v) is 4.86. The van der Waals surface area contributed by atoms with Gasteiger partial charge in [0.25, 0.3) is 5.91 Å². The van der Waals surface area contributed by atoms with E-state index >= 15 is 0 Å². The van der Waals surface area contributed by atoms with Crippen molar-refractivity contribution in [3.05, 3.63) is 76.0 Å². The van der Waals surface area contributed by atoms with Gasteiger partial charge < -0.3 is 24.4 Å². The molecule has 1 atom stereocenters. The maximum absolute atomic E-state index is 12.9. The van der Waals surface area contributed by atoms with Crippen LogP contribution in [0.4, 0.5) is 5.69 Å². The van der Waals surface area contributed by atoms with Crippen LogP contribution in [0.2, 0.25) is 0 Å². The summed E-state index contributed by atoms with van der Waals surface area (Å²) in [5.74, 6) is 0.195. The van der Waals surface area contributed by atoms with Crippen LogP contribution in [0, 0.1) is 13.8 Å². The Morgan fingerprint density at radius 1 is 1.11 bits per heavy atom. The van der Waals surface area contributed by atoms with Gasteiger partial charge in [-0.25, -0.2) is 9.79 Å². The predicted octanol–water partition coefficient (Wildman–Crippen LogP) is 5.10. The highest BCUT2D eigenvalue weighted by Crippen LogP contribution is 2.43. The molecule has 8 nitrogen and oxygen atoms in total. The van der Waals surface area contributed by atoms with Crippen molar-refractivity contribution in [2.75, 3.05) is 25.6 Å². The van der Waals surface area contributed by atoms with E-state index in [0.29, 0.717) is 22.8 Å². The summed E-state index contributed by atoms with van der Waals surface area (Å²) in [5.41, 5.74) is 4.68. The lowest BCUT2D eigenvalue weighted by Gasteiger charge is -2.33. The molecule has 0 saturated carbocycles. The average molecular weight is 508 g/mol. The third-order valence-electron chi connectivity index (χ3n) is 5.85. The third-order valence-corrected chi connectivity index (χ3v) is 6.62. The molecule has 9 heteroatoms. The number of amidine groups is 1.